The molecule has 4 rings (SSSR count). The van der Waals surface area contributed by atoms with Crippen LogP contribution in [0.1, 0.15) is 22.3 Å². The SMILES string of the molecule is C=C[C@@H](OCc1ccccc1)[C@@H](OCc1ccccc1)[C@@H](CNC(=O)OCc1ccccc1)OCc1ccccc1. The molecule has 0 fully saturated rings. The molecular weight excluding hydrogens is 514 g/mol. The number of carbonyl (C=O) groups is 1. The molecule has 0 aliphatic heterocycles. The Morgan fingerprint density at radius 3 is 1.49 bits per heavy atom. The molecule has 0 aliphatic carbocycles. The van der Waals surface area contributed by atoms with Crippen LogP contribution in [0.5, 0.6) is 0 Å². The van der Waals surface area contributed by atoms with E-state index in [0.717, 1.165) is 22.3 Å². The fraction of sp³-hybridized carbons (Fsp3) is 0.229. The number of ether oxygens (including phenoxy) is 4. The van der Waals surface area contributed by atoms with E-state index in [2.05, 4.69) is 11.9 Å². The average molecular weight is 552 g/mol. The number of carbonyl (C=O) groups excluding carboxylic acids is 1. The van der Waals surface area contributed by atoms with Crippen LogP contribution < -0.4 is 5.32 Å². The highest BCUT2D eigenvalue weighted by Crippen LogP contribution is 2.19. The summed E-state index contributed by atoms with van der Waals surface area (Å²) in [5.41, 5.74) is 3.96. The van der Waals surface area contributed by atoms with Crippen LogP contribution in [-0.4, -0.2) is 30.9 Å². The smallest absolute Gasteiger partial charge is 0.407 e. The van der Waals surface area contributed by atoms with Gasteiger partial charge in [0, 0.05) is 6.54 Å². The maximum absolute atomic E-state index is 12.7. The fourth-order valence-electron chi connectivity index (χ4n) is 4.25. The van der Waals surface area contributed by atoms with Crippen LogP contribution in [0.25, 0.3) is 0 Å². The van der Waals surface area contributed by atoms with E-state index in [1.807, 2.05) is 121 Å². The Bertz CT molecular complexity index is 1290. The van der Waals surface area contributed by atoms with Crippen LogP contribution in [0, 0.1) is 0 Å². The Balaban J connectivity index is 1.49. The number of nitrogens with one attached hydrogen (secondary N) is 1. The quantitative estimate of drug-likeness (QED) is 0.154. The van der Waals surface area contributed by atoms with E-state index in [0.29, 0.717) is 19.8 Å². The first kappa shape index (κ1) is 29.7. The third-order valence-electron chi connectivity index (χ3n) is 6.46. The third kappa shape index (κ3) is 10.4. The number of alkyl carbamates (subject to hydrolysis) is 1. The van der Waals surface area contributed by atoms with E-state index in [9.17, 15) is 4.79 Å². The molecular formula is C35H37NO5. The lowest BCUT2D eigenvalue weighted by Crippen LogP contribution is -2.47. The van der Waals surface area contributed by atoms with Crippen molar-refractivity contribution in [3.05, 3.63) is 156 Å². The first-order chi connectivity index (χ1) is 20.2. The Morgan fingerprint density at radius 2 is 1.02 bits per heavy atom. The Hall–Kier alpha value is -4.23. The number of benzene rings is 4. The summed E-state index contributed by atoms with van der Waals surface area (Å²) >= 11 is 0. The standard InChI is InChI=1S/C35H37NO5/c1-2-32(38-24-28-15-7-3-8-16-28)34(40-26-30-19-11-5-12-20-30)33(39-25-29-17-9-4-10-18-29)23-36-35(37)41-27-31-21-13-6-14-22-31/h2-22,32-34H,1,23-27H2,(H,36,37)/t32-,33-,34-/m1/s1. The van der Waals surface area contributed by atoms with Gasteiger partial charge in [-0.15, -0.1) is 6.58 Å². The van der Waals surface area contributed by atoms with Gasteiger partial charge in [0.15, 0.2) is 0 Å². The van der Waals surface area contributed by atoms with Crippen molar-refractivity contribution in [3.63, 3.8) is 0 Å². The maximum atomic E-state index is 12.7. The van der Waals surface area contributed by atoms with Crippen molar-refractivity contribution in [1.82, 2.24) is 5.32 Å². The molecule has 1 amide bonds. The summed E-state index contributed by atoms with van der Waals surface area (Å²) < 4.78 is 24.6. The van der Waals surface area contributed by atoms with Gasteiger partial charge in [0.25, 0.3) is 0 Å². The molecule has 6 nitrogen and oxygen atoms in total. The van der Waals surface area contributed by atoms with Crippen LogP contribution >= 0.6 is 0 Å². The number of rotatable bonds is 16. The van der Waals surface area contributed by atoms with E-state index < -0.39 is 24.4 Å². The largest absolute Gasteiger partial charge is 0.445 e. The summed E-state index contributed by atoms with van der Waals surface area (Å²) in [5.74, 6) is 0. The van der Waals surface area contributed by atoms with Crippen LogP contribution in [0.2, 0.25) is 0 Å². The predicted octanol–water partition coefficient (Wildman–Crippen LogP) is 6.86. The topological polar surface area (TPSA) is 66.0 Å². The molecule has 0 saturated carbocycles. The van der Waals surface area contributed by atoms with Crippen molar-refractivity contribution in [2.24, 2.45) is 0 Å². The molecule has 41 heavy (non-hydrogen) atoms. The summed E-state index contributed by atoms with van der Waals surface area (Å²) in [5, 5.41) is 2.86. The van der Waals surface area contributed by atoms with Crippen LogP contribution in [-0.2, 0) is 45.4 Å². The van der Waals surface area contributed by atoms with Crippen molar-refractivity contribution >= 4 is 6.09 Å². The van der Waals surface area contributed by atoms with Crippen molar-refractivity contribution in [3.8, 4) is 0 Å². The molecule has 0 bridgehead atoms. The zero-order valence-corrected chi connectivity index (χ0v) is 23.1. The Morgan fingerprint density at radius 1 is 0.610 bits per heavy atom. The molecule has 4 aromatic carbocycles. The van der Waals surface area contributed by atoms with Gasteiger partial charge < -0.3 is 24.3 Å². The molecule has 0 saturated heterocycles. The van der Waals surface area contributed by atoms with E-state index in [-0.39, 0.29) is 13.2 Å². The van der Waals surface area contributed by atoms with Crippen LogP contribution in [0.15, 0.2) is 134 Å². The van der Waals surface area contributed by atoms with Crippen molar-refractivity contribution in [1.29, 1.82) is 0 Å². The lowest BCUT2D eigenvalue weighted by molar-refractivity contribution is -0.136. The highest BCUT2D eigenvalue weighted by molar-refractivity contribution is 5.67. The number of hydrogen-bond acceptors (Lipinski definition) is 5. The molecule has 212 valence electrons. The second-order valence-electron chi connectivity index (χ2n) is 9.54. The monoisotopic (exact) mass is 551 g/mol. The number of amides is 1. The molecule has 0 aliphatic rings. The second-order valence-corrected chi connectivity index (χ2v) is 9.54. The Labute approximate surface area is 242 Å². The molecule has 4 aromatic rings. The maximum Gasteiger partial charge on any atom is 0.407 e. The van der Waals surface area contributed by atoms with Gasteiger partial charge in [-0.1, -0.05) is 127 Å². The van der Waals surface area contributed by atoms with Crippen molar-refractivity contribution in [2.45, 2.75) is 44.7 Å². The summed E-state index contributed by atoms with van der Waals surface area (Å²) in [4.78, 5) is 12.7. The molecule has 1 N–H and O–H groups in total. The first-order valence-corrected chi connectivity index (χ1v) is 13.7. The summed E-state index contributed by atoms with van der Waals surface area (Å²) in [6, 6.07) is 39.3. The molecule has 0 heterocycles. The summed E-state index contributed by atoms with van der Waals surface area (Å²) in [6.07, 6.45) is -0.465. The van der Waals surface area contributed by atoms with E-state index >= 15 is 0 Å². The van der Waals surface area contributed by atoms with Crippen LogP contribution in [0.4, 0.5) is 4.79 Å². The van der Waals surface area contributed by atoms with E-state index in [1.165, 1.54) is 0 Å². The normalized spacial score (nSPS) is 13.1. The minimum Gasteiger partial charge on any atom is -0.445 e. The van der Waals surface area contributed by atoms with Gasteiger partial charge in [-0.3, -0.25) is 0 Å². The minimum absolute atomic E-state index is 0.152. The first-order valence-electron chi connectivity index (χ1n) is 13.7. The van der Waals surface area contributed by atoms with Gasteiger partial charge in [0.05, 0.1) is 19.8 Å². The van der Waals surface area contributed by atoms with Gasteiger partial charge in [0.2, 0.25) is 0 Å². The fourth-order valence-corrected chi connectivity index (χ4v) is 4.25. The minimum atomic E-state index is -0.574. The molecule has 0 radical (unpaired) electrons. The molecule has 0 unspecified atom stereocenters. The summed E-state index contributed by atoms with van der Waals surface area (Å²) in [6.45, 7) is 5.41. The molecule has 0 aromatic heterocycles. The zero-order chi connectivity index (χ0) is 28.5. The van der Waals surface area contributed by atoms with Crippen molar-refractivity contribution in [2.75, 3.05) is 6.54 Å². The predicted molar refractivity (Wildman–Crippen MR) is 160 cm³/mol. The molecule has 6 heteroatoms. The van der Waals surface area contributed by atoms with Gasteiger partial charge in [-0.25, -0.2) is 4.79 Å². The van der Waals surface area contributed by atoms with E-state index in [1.54, 1.807) is 6.08 Å². The molecule has 3 atom stereocenters. The van der Waals surface area contributed by atoms with Gasteiger partial charge in [-0.05, 0) is 22.3 Å². The zero-order valence-electron chi connectivity index (χ0n) is 23.1. The average Bonchev–Trinajstić information content (AvgIpc) is 3.04. The van der Waals surface area contributed by atoms with Gasteiger partial charge in [-0.2, -0.15) is 0 Å². The summed E-state index contributed by atoms with van der Waals surface area (Å²) in [7, 11) is 0. The van der Waals surface area contributed by atoms with E-state index in [4.69, 9.17) is 18.9 Å². The van der Waals surface area contributed by atoms with Crippen molar-refractivity contribution < 1.29 is 23.7 Å². The Kier molecular flexibility index (Phi) is 12.2. The third-order valence-corrected chi connectivity index (χ3v) is 6.46. The highest BCUT2D eigenvalue weighted by Gasteiger charge is 2.31. The molecule has 0 spiro atoms. The lowest BCUT2D eigenvalue weighted by Gasteiger charge is -2.32. The number of hydrogen-bond donors (Lipinski definition) is 1. The lowest BCUT2D eigenvalue weighted by atomic mass is 10.1. The highest BCUT2D eigenvalue weighted by atomic mass is 16.6. The van der Waals surface area contributed by atoms with Gasteiger partial charge >= 0.3 is 6.09 Å². The van der Waals surface area contributed by atoms with Crippen LogP contribution in [0.3, 0.4) is 0 Å². The second kappa shape index (κ2) is 16.8. The van der Waals surface area contributed by atoms with Gasteiger partial charge in [0.1, 0.15) is 24.9 Å².